The van der Waals surface area contributed by atoms with Gasteiger partial charge in [0.25, 0.3) is 0 Å². The molecule has 0 saturated heterocycles. The van der Waals surface area contributed by atoms with Crippen molar-refractivity contribution in [2.75, 3.05) is 0 Å². The second kappa shape index (κ2) is 8.85. The van der Waals surface area contributed by atoms with Gasteiger partial charge in [0.05, 0.1) is 17.7 Å². The molecule has 3 aromatic carbocycles. The zero-order valence-corrected chi connectivity index (χ0v) is 13.7. The van der Waals surface area contributed by atoms with Crippen molar-refractivity contribution in [3.63, 3.8) is 0 Å². The van der Waals surface area contributed by atoms with Crippen LogP contribution in [0.3, 0.4) is 0 Å². The molecule has 0 saturated carbocycles. The quantitative estimate of drug-likeness (QED) is 0.518. The van der Waals surface area contributed by atoms with Gasteiger partial charge in [-0.2, -0.15) is 10.5 Å². The van der Waals surface area contributed by atoms with E-state index in [0.717, 1.165) is 12.1 Å². The highest BCUT2D eigenvalue weighted by molar-refractivity contribution is 5.82. The Bertz CT molecular complexity index is 1040. The molecule has 3 rings (SSSR count). The molecule has 3 nitrogen and oxygen atoms in total. The van der Waals surface area contributed by atoms with Crippen LogP contribution in [0.25, 0.3) is 16.0 Å². The second-order valence-electron chi connectivity index (χ2n) is 5.11. The summed E-state index contributed by atoms with van der Waals surface area (Å²) in [6, 6.07) is 17.5. The van der Waals surface area contributed by atoms with Crippen LogP contribution < -0.4 is 0 Å². The summed E-state index contributed by atoms with van der Waals surface area (Å²) in [4.78, 5) is 3.09. The number of halogens is 3. The van der Waals surface area contributed by atoms with E-state index in [2.05, 4.69) is 4.85 Å². The van der Waals surface area contributed by atoms with Crippen LogP contribution >= 0.6 is 0 Å². The Balaban J connectivity index is 0.000000244. The molecule has 0 heterocycles. The van der Waals surface area contributed by atoms with E-state index in [4.69, 9.17) is 17.1 Å². The lowest BCUT2D eigenvalue weighted by Crippen LogP contribution is -1.90. The van der Waals surface area contributed by atoms with E-state index in [1.807, 2.05) is 0 Å². The molecule has 27 heavy (non-hydrogen) atoms. The third kappa shape index (κ3) is 4.31. The van der Waals surface area contributed by atoms with Gasteiger partial charge in [0.2, 0.25) is 5.69 Å². The van der Waals surface area contributed by atoms with Crippen molar-refractivity contribution < 1.29 is 13.2 Å². The molecule has 0 aliphatic rings. The predicted octanol–water partition coefficient (Wildman–Crippen LogP) is 5.75. The van der Waals surface area contributed by atoms with Gasteiger partial charge in [-0.1, -0.05) is 36.4 Å². The minimum Gasteiger partial charge on any atom is -0.234 e. The standard InChI is InChI=1S/C14H6F2N2.C7H4FN/c1-18-14-10(5-3-7-13(14)16)9-4-2-6-12(15)11(9)8-17;8-7-4-2-1-3-6(7)5-9/h2-7H;1-4H. The smallest absolute Gasteiger partial charge is 0.229 e. The third-order valence-electron chi connectivity index (χ3n) is 3.51. The molecule has 0 aliphatic carbocycles. The largest absolute Gasteiger partial charge is 0.234 e. The van der Waals surface area contributed by atoms with E-state index >= 15 is 0 Å². The summed E-state index contributed by atoms with van der Waals surface area (Å²) in [6.45, 7) is 6.96. The van der Waals surface area contributed by atoms with Crippen LogP contribution in [0.5, 0.6) is 0 Å². The fraction of sp³-hybridized carbons (Fsp3) is 0. The van der Waals surface area contributed by atoms with Crippen molar-refractivity contribution >= 4 is 5.69 Å². The molecular formula is C21H10F3N3. The molecule has 3 aromatic rings. The Hall–Kier alpha value is -4.08. The van der Waals surface area contributed by atoms with Crippen LogP contribution in [0.15, 0.2) is 60.7 Å². The van der Waals surface area contributed by atoms with Crippen LogP contribution in [0.2, 0.25) is 0 Å². The van der Waals surface area contributed by atoms with Gasteiger partial charge >= 0.3 is 0 Å². The van der Waals surface area contributed by atoms with Gasteiger partial charge < -0.3 is 0 Å². The van der Waals surface area contributed by atoms with Gasteiger partial charge in [0, 0.05) is 0 Å². The molecule has 130 valence electrons. The normalized spacial score (nSPS) is 9.19. The van der Waals surface area contributed by atoms with E-state index in [1.165, 1.54) is 36.4 Å². The molecule has 0 unspecified atom stereocenters. The number of benzene rings is 3. The Labute approximate surface area is 154 Å². The molecule has 0 aromatic heterocycles. The van der Waals surface area contributed by atoms with Gasteiger partial charge in [0.15, 0.2) is 0 Å². The first kappa shape index (κ1) is 19.2. The van der Waals surface area contributed by atoms with Crippen LogP contribution in [0.1, 0.15) is 11.1 Å². The van der Waals surface area contributed by atoms with Gasteiger partial charge in [-0.05, 0) is 35.4 Å². The molecule has 0 aliphatic heterocycles. The number of nitrogens with zero attached hydrogens (tertiary/aromatic N) is 3. The highest BCUT2D eigenvalue weighted by Gasteiger charge is 2.15. The fourth-order valence-electron chi connectivity index (χ4n) is 2.26. The third-order valence-corrected chi connectivity index (χ3v) is 3.51. The Morgan fingerprint density at radius 2 is 1.30 bits per heavy atom. The minimum atomic E-state index is -0.685. The lowest BCUT2D eigenvalue weighted by atomic mass is 9.98. The number of rotatable bonds is 1. The second-order valence-corrected chi connectivity index (χ2v) is 5.11. The van der Waals surface area contributed by atoms with E-state index in [0.29, 0.717) is 0 Å². The molecule has 0 spiro atoms. The highest BCUT2D eigenvalue weighted by atomic mass is 19.1. The molecular weight excluding hydrogens is 351 g/mol. The minimum absolute atomic E-state index is 0.0949. The summed E-state index contributed by atoms with van der Waals surface area (Å²) in [7, 11) is 0. The predicted molar refractivity (Wildman–Crippen MR) is 93.9 cm³/mol. The van der Waals surface area contributed by atoms with Crippen molar-refractivity contribution in [3.8, 4) is 23.3 Å². The summed E-state index contributed by atoms with van der Waals surface area (Å²) in [5.74, 6) is -1.83. The van der Waals surface area contributed by atoms with E-state index in [9.17, 15) is 13.2 Å². The zero-order valence-electron chi connectivity index (χ0n) is 13.7. The molecule has 0 bridgehead atoms. The summed E-state index contributed by atoms with van der Waals surface area (Å²) in [5, 5.41) is 17.2. The number of para-hydroxylation sites is 1. The van der Waals surface area contributed by atoms with E-state index in [1.54, 1.807) is 24.3 Å². The number of hydrogen-bond acceptors (Lipinski definition) is 2. The maximum Gasteiger partial charge on any atom is 0.229 e. The monoisotopic (exact) mass is 361 g/mol. The lowest BCUT2D eigenvalue weighted by molar-refractivity contribution is 0.623. The van der Waals surface area contributed by atoms with E-state index in [-0.39, 0.29) is 27.9 Å². The molecule has 0 amide bonds. The molecule has 0 fully saturated rings. The Morgan fingerprint density at radius 1 is 0.704 bits per heavy atom. The zero-order chi connectivity index (χ0) is 19.8. The number of hydrogen-bond donors (Lipinski definition) is 0. The fourth-order valence-corrected chi connectivity index (χ4v) is 2.26. The summed E-state index contributed by atoms with van der Waals surface area (Å²) in [5.41, 5.74) is 0.147. The topological polar surface area (TPSA) is 51.9 Å². The van der Waals surface area contributed by atoms with Crippen LogP contribution in [0, 0.1) is 46.7 Å². The van der Waals surface area contributed by atoms with Crippen molar-refractivity contribution in [1.82, 2.24) is 0 Å². The maximum absolute atomic E-state index is 13.5. The first-order chi connectivity index (χ1) is 13.0. The SMILES string of the molecule is N#Cc1ccccc1F.[C-]#[N+]c1c(F)cccc1-c1cccc(F)c1C#N. The van der Waals surface area contributed by atoms with Crippen molar-refractivity contribution in [3.05, 3.63) is 101 Å². The summed E-state index contributed by atoms with van der Waals surface area (Å²) in [6.07, 6.45) is 0. The summed E-state index contributed by atoms with van der Waals surface area (Å²) >= 11 is 0. The van der Waals surface area contributed by atoms with Crippen molar-refractivity contribution in [2.24, 2.45) is 0 Å². The van der Waals surface area contributed by atoms with Gasteiger partial charge in [-0.25, -0.2) is 18.0 Å². The van der Waals surface area contributed by atoms with Gasteiger partial charge in [-0.15, -0.1) is 0 Å². The summed E-state index contributed by atoms with van der Waals surface area (Å²) < 4.78 is 39.3. The van der Waals surface area contributed by atoms with Crippen LogP contribution in [-0.2, 0) is 0 Å². The molecule has 0 atom stereocenters. The molecule has 0 N–H and O–H groups in total. The molecule has 0 radical (unpaired) electrons. The maximum atomic E-state index is 13.5. The average molecular weight is 361 g/mol. The van der Waals surface area contributed by atoms with E-state index < -0.39 is 17.5 Å². The van der Waals surface area contributed by atoms with Crippen molar-refractivity contribution in [2.45, 2.75) is 0 Å². The van der Waals surface area contributed by atoms with Crippen molar-refractivity contribution in [1.29, 1.82) is 10.5 Å². The molecule has 6 heteroatoms. The number of nitriles is 2. The Kier molecular flexibility index (Phi) is 6.31. The first-order valence-corrected chi connectivity index (χ1v) is 7.53. The highest BCUT2D eigenvalue weighted by Crippen LogP contribution is 2.35. The Morgan fingerprint density at radius 3 is 1.85 bits per heavy atom. The van der Waals surface area contributed by atoms with Crippen LogP contribution in [-0.4, -0.2) is 0 Å². The first-order valence-electron chi connectivity index (χ1n) is 7.53. The lowest BCUT2D eigenvalue weighted by Gasteiger charge is -2.07. The van der Waals surface area contributed by atoms with Gasteiger partial charge in [0.1, 0.15) is 29.6 Å². The average Bonchev–Trinajstić information content (AvgIpc) is 2.68. The van der Waals surface area contributed by atoms with Gasteiger partial charge in [-0.3, -0.25) is 0 Å². The van der Waals surface area contributed by atoms with Crippen LogP contribution in [0.4, 0.5) is 18.9 Å².